The average molecular weight is 262 g/mol. The molecule has 1 aliphatic carbocycles. The largest absolute Gasteiger partial charge is 0.251 e. The fraction of sp³-hybridized carbons (Fsp3) is 0.556. The van der Waals surface area contributed by atoms with Gasteiger partial charge in [-0.3, -0.25) is 4.72 Å². The van der Waals surface area contributed by atoms with Gasteiger partial charge in [0.25, 0.3) is 0 Å². The van der Waals surface area contributed by atoms with Crippen molar-refractivity contribution in [2.24, 2.45) is 5.92 Å². The van der Waals surface area contributed by atoms with Gasteiger partial charge < -0.3 is 0 Å². The van der Waals surface area contributed by atoms with Gasteiger partial charge in [-0.1, -0.05) is 11.6 Å². The Hall–Kier alpha value is -0.880. The second-order valence-electron chi connectivity index (χ2n) is 3.98. The summed E-state index contributed by atoms with van der Waals surface area (Å²) in [6.45, 7) is 1.73. The van der Waals surface area contributed by atoms with E-state index in [4.69, 9.17) is 11.6 Å². The molecule has 0 aliphatic heterocycles. The van der Waals surface area contributed by atoms with Gasteiger partial charge >= 0.3 is 0 Å². The molecule has 0 amide bonds. The predicted octanol–water partition coefficient (Wildman–Crippen LogP) is 1.59. The van der Waals surface area contributed by atoms with Crippen LogP contribution in [0.3, 0.4) is 0 Å². The molecule has 0 bridgehead atoms. The minimum Gasteiger partial charge on any atom is -0.251 e. The molecule has 88 valence electrons. The number of anilines is 1. The van der Waals surface area contributed by atoms with Crippen LogP contribution in [0.4, 0.5) is 5.95 Å². The van der Waals surface area contributed by atoms with Crippen molar-refractivity contribution in [3.63, 3.8) is 0 Å². The molecule has 0 aromatic carbocycles. The lowest BCUT2D eigenvalue weighted by Crippen LogP contribution is -2.19. The van der Waals surface area contributed by atoms with Gasteiger partial charge in [0.2, 0.25) is 16.0 Å². The Kier molecular flexibility index (Phi) is 3.03. The maximum Gasteiger partial charge on any atom is 0.238 e. The van der Waals surface area contributed by atoms with Gasteiger partial charge in [-0.05, 0) is 31.7 Å². The fourth-order valence-corrected chi connectivity index (χ4v) is 3.00. The van der Waals surface area contributed by atoms with E-state index < -0.39 is 10.0 Å². The third-order valence-electron chi connectivity index (χ3n) is 2.22. The summed E-state index contributed by atoms with van der Waals surface area (Å²) in [5.74, 6) is 0.477. The summed E-state index contributed by atoms with van der Waals surface area (Å²) in [6, 6.07) is 1.57. The van der Waals surface area contributed by atoms with Crippen LogP contribution in [0.1, 0.15) is 18.5 Å². The van der Waals surface area contributed by atoms with Gasteiger partial charge in [0.1, 0.15) is 5.15 Å². The van der Waals surface area contributed by atoms with E-state index in [1.54, 1.807) is 13.0 Å². The summed E-state index contributed by atoms with van der Waals surface area (Å²) >= 11 is 5.71. The first-order valence-corrected chi connectivity index (χ1v) is 6.99. The Labute approximate surface area is 99.3 Å². The maximum atomic E-state index is 11.6. The number of nitrogens with zero attached hydrogens (tertiary/aromatic N) is 2. The molecule has 1 saturated carbocycles. The number of halogens is 1. The fourth-order valence-electron chi connectivity index (χ4n) is 1.35. The Balaban J connectivity index is 2.12. The van der Waals surface area contributed by atoms with Crippen LogP contribution in [0.15, 0.2) is 6.07 Å². The Morgan fingerprint density at radius 3 is 2.75 bits per heavy atom. The number of rotatable bonds is 4. The SMILES string of the molecule is Cc1cc(Cl)nc(NS(=O)(=O)CC2CC2)n1. The van der Waals surface area contributed by atoms with Gasteiger partial charge in [-0.25, -0.2) is 18.4 Å². The zero-order valence-electron chi connectivity index (χ0n) is 8.77. The minimum atomic E-state index is -3.34. The van der Waals surface area contributed by atoms with E-state index in [1.165, 1.54) is 0 Å². The lowest BCUT2D eigenvalue weighted by atomic mass is 10.5. The molecule has 0 radical (unpaired) electrons. The molecule has 0 saturated heterocycles. The van der Waals surface area contributed by atoms with Crippen LogP contribution in [0, 0.1) is 12.8 Å². The molecular formula is C9H12ClN3O2S. The summed E-state index contributed by atoms with van der Waals surface area (Å²) in [6.07, 6.45) is 1.96. The van der Waals surface area contributed by atoms with Gasteiger partial charge in [-0.15, -0.1) is 0 Å². The van der Waals surface area contributed by atoms with Crippen molar-refractivity contribution in [3.05, 3.63) is 16.9 Å². The van der Waals surface area contributed by atoms with E-state index >= 15 is 0 Å². The molecule has 0 atom stereocenters. The smallest absolute Gasteiger partial charge is 0.238 e. The van der Waals surface area contributed by atoms with Crippen LogP contribution in [-0.4, -0.2) is 24.1 Å². The molecule has 1 N–H and O–H groups in total. The highest BCUT2D eigenvalue weighted by Gasteiger charge is 2.28. The monoisotopic (exact) mass is 261 g/mol. The number of sulfonamides is 1. The average Bonchev–Trinajstić information content (AvgIpc) is 2.83. The first-order valence-electron chi connectivity index (χ1n) is 4.96. The zero-order valence-corrected chi connectivity index (χ0v) is 10.3. The van der Waals surface area contributed by atoms with Crippen molar-refractivity contribution in [1.82, 2.24) is 9.97 Å². The van der Waals surface area contributed by atoms with E-state index in [0.717, 1.165) is 12.8 Å². The van der Waals surface area contributed by atoms with Crippen molar-refractivity contribution in [1.29, 1.82) is 0 Å². The van der Waals surface area contributed by atoms with Crippen LogP contribution < -0.4 is 4.72 Å². The minimum absolute atomic E-state index is 0.0469. The first-order chi connectivity index (χ1) is 7.44. The molecule has 1 aliphatic rings. The zero-order chi connectivity index (χ0) is 11.8. The van der Waals surface area contributed by atoms with Crippen LogP contribution in [-0.2, 0) is 10.0 Å². The molecule has 1 aromatic heterocycles. The quantitative estimate of drug-likeness (QED) is 0.836. The van der Waals surface area contributed by atoms with Gasteiger partial charge in [0, 0.05) is 5.69 Å². The summed E-state index contributed by atoms with van der Waals surface area (Å²) in [5.41, 5.74) is 0.629. The molecule has 1 aromatic rings. The van der Waals surface area contributed by atoms with E-state index in [0.29, 0.717) is 5.69 Å². The van der Waals surface area contributed by atoms with E-state index in [1.807, 2.05) is 0 Å². The number of nitrogens with one attached hydrogen (secondary N) is 1. The molecule has 0 unspecified atom stereocenters. The molecule has 0 spiro atoms. The van der Waals surface area contributed by atoms with Crippen LogP contribution in [0.25, 0.3) is 0 Å². The third-order valence-corrected chi connectivity index (χ3v) is 3.82. The maximum absolute atomic E-state index is 11.6. The van der Waals surface area contributed by atoms with Crippen LogP contribution in [0.2, 0.25) is 5.15 Å². The number of hydrogen-bond donors (Lipinski definition) is 1. The third kappa shape index (κ3) is 3.31. The van der Waals surface area contributed by atoms with Gasteiger partial charge in [-0.2, -0.15) is 0 Å². The lowest BCUT2D eigenvalue weighted by Gasteiger charge is -2.06. The first kappa shape index (κ1) is 11.6. The van der Waals surface area contributed by atoms with Crippen molar-refractivity contribution in [2.75, 3.05) is 10.5 Å². The number of aryl methyl sites for hydroxylation is 1. The van der Waals surface area contributed by atoms with Crippen molar-refractivity contribution in [2.45, 2.75) is 19.8 Å². The van der Waals surface area contributed by atoms with E-state index in [-0.39, 0.29) is 22.8 Å². The van der Waals surface area contributed by atoms with Crippen LogP contribution >= 0.6 is 11.6 Å². The summed E-state index contributed by atoms with van der Waals surface area (Å²) in [7, 11) is -3.34. The molecule has 1 heterocycles. The Bertz CT molecular complexity index is 479. The molecule has 1 fully saturated rings. The number of aromatic nitrogens is 2. The predicted molar refractivity (Wildman–Crippen MR) is 61.9 cm³/mol. The summed E-state index contributed by atoms with van der Waals surface area (Å²) in [5, 5.41) is 0.233. The van der Waals surface area contributed by atoms with E-state index in [9.17, 15) is 8.42 Å². The second kappa shape index (κ2) is 4.18. The molecular weight excluding hydrogens is 250 g/mol. The van der Waals surface area contributed by atoms with Crippen molar-refractivity contribution < 1.29 is 8.42 Å². The standard InChI is InChI=1S/C9H12ClN3O2S/c1-6-4-8(10)12-9(11-6)13-16(14,15)5-7-2-3-7/h4,7H,2-3,5H2,1H3,(H,11,12,13). The molecule has 7 heteroatoms. The Morgan fingerprint density at radius 1 is 1.50 bits per heavy atom. The van der Waals surface area contributed by atoms with Crippen LogP contribution in [0.5, 0.6) is 0 Å². The molecule has 16 heavy (non-hydrogen) atoms. The van der Waals surface area contributed by atoms with Crippen molar-refractivity contribution in [3.8, 4) is 0 Å². The van der Waals surface area contributed by atoms with Crippen molar-refractivity contribution >= 4 is 27.6 Å². The molecule has 5 nitrogen and oxygen atoms in total. The summed E-state index contributed by atoms with van der Waals surface area (Å²) < 4.78 is 25.6. The number of hydrogen-bond acceptors (Lipinski definition) is 4. The highest BCUT2D eigenvalue weighted by atomic mass is 35.5. The normalized spacial score (nSPS) is 16.1. The molecule has 2 rings (SSSR count). The second-order valence-corrected chi connectivity index (χ2v) is 6.14. The highest BCUT2D eigenvalue weighted by Crippen LogP contribution is 2.30. The van der Waals surface area contributed by atoms with Gasteiger partial charge in [0.05, 0.1) is 5.75 Å². The lowest BCUT2D eigenvalue weighted by molar-refractivity contribution is 0.597. The Morgan fingerprint density at radius 2 is 2.19 bits per heavy atom. The highest BCUT2D eigenvalue weighted by molar-refractivity contribution is 7.92. The topological polar surface area (TPSA) is 72.0 Å². The van der Waals surface area contributed by atoms with E-state index in [2.05, 4.69) is 14.7 Å². The van der Waals surface area contributed by atoms with Gasteiger partial charge in [0.15, 0.2) is 0 Å². The summed E-state index contributed by atoms with van der Waals surface area (Å²) in [4.78, 5) is 7.77.